The predicted molar refractivity (Wildman–Crippen MR) is 76.4 cm³/mol. The van der Waals surface area contributed by atoms with E-state index in [-0.39, 0.29) is 17.0 Å². The maximum absolute atomic E-state index is 12.7. The van der Waals surface area contributed by atoms with Crippen LogP contribution in [0.5, 0.6) is 0 Å². The molecule has 0 aromatic heterocycles. The lowest BCUT2D eigenvalue weighted by Gasteiger charge is -2.36. The van der Waals surface area contributed by atoms with E-state index in [1.807, 2.05) is 0 Å². The third kappa shape index (κ3) is 3.25. The highest BCUT2D eigenvalue weighted by Crippen LogP contribution is 2.27. The van der Waals surface area contributed by atoms with Gasteiger partial charge in [-0.25, -0.2) is 13.2 Å². The number of β-amino-alcohol motifs (C(OH)–C–C–N with tert-alkyl or cyclic N) is 1. The molecular weight excluding hydrogens is 294 g/mol. The molecule has 21 heavy (non-hydrogen) atoms. The molecule has 1 aromatic carbocycles. The van der Waals surface area contributed by atoms with Crippen LogP contribution in [0.3, 0.4) is 0 Å². The van der Waals surface area contributed by atoms with Crippen molar-refractivity contribution in [3.63, 3.8) is 0 Å². The Kier molecular flexibility index (Phi) is 4.36. The summed E-state index contributed by atoms with van der Waals surface area (Å²) in [6, 6.07) is 5.94. The Balaban J connectivity index is 2.43. The highest BCUT2D eigenvalue weighted by Gasteiger charge is 2.37. The van der Waals surface area contributed by atoms with Crippen LogP contribution < -0.4 is 0 Å². The second-order valence-electron chi connectivity index (χ2n) is 5.43. The Bertz CT molecular complexity index is 639. The van der Waals surface area contributed by atoms with Crippen molar-refractivity contribution >= 4 is 16.0 Å². The van der Waals surface area contributed by atoms with Crippen molar-refractivity contribution in [2.45, 2.75) is 30.3 Å². The monoisotopic (exact) mass is 313 g/mol. The quantitative estimate of drug-likeness (QED) is 0.842. The zero-order chi connectivity index (χ0) is 15.7. The molecule has 0 amide bonds. The van der Waals surface area contributed by atoms with E-state index in [1.54, 1.807) is 19.1 Å². The number of sulfonamides is 1. The summed E-state index contributed by atoms with van der Waals surface area (Å²) in [7, 11) is -2.64. The van der Waals surface area contributed by atoms with Gasteiger partial charge in [0, 0.05) is 13.1 Å². The molecule has 116 valence electrons. The minimum Gasteiger partial charge on any atom is -0.465 e. The number of benzene rings is 1. The predicted octanol–water partition coefficient (Wildman–Crippen LogP) is 1.01. The van der Waals surface area contributed by atoms with Gasteiger partial charge in [0.25, 0.3) is 0 Å². The first-order valence-corrected chi connectivity index (χ1v) is 8.12. The van der Waals surface area contributed by atoms with Crippen LogP contribution in [0, 0.1) is 0 Å². The van der Waals surface area contributed by atoms with Crippen molar-refractivity contribution in [3.05, 3.63) is 29.8 Å². The molecule has 1 aromatic rings. The van der Waals surface area contributed by atoms with E-state index in [2.05, 4.69) is 4.74 Å². The number of carbonyl (C=O) groups is 1. The smallest absolute Gasteiger partial charge is 0.339 e. The zero-order valence-electron chi connectivity index (χ0n) is 12.1. The molecule has 1 heterocycles. The number of piperidine rings is 1. The molecule has 0 aliphatic carbocycles. The van der Waals surface area contributed by atoms with E-state index in [4.69, 9.17) is 0 Å². The fourth-order valence-corrected chi connectivity index (χ4v) is 4.26. The van der Waals surface area contributed by atoms with Crippen molar-refractivity contribution < 1.29 is 23.1 Å². The summed E-state index contributed by atoms with van der Waals surface area (Å²) in [4.78, 5) is 11.6. The van der Waals surface area contributed by atoms with Gasteiger partial charge >= 0.3 is 5.97 Å². The molecule has 0 saturated carbocycles. The van der Waals surface area contributed by atoms with Gasteiger partial charge in [-0.3, -0.25) is 0 Å². The van der Waals surface area contributed by atoms with Crippen LogP contribution in [-0.2, 0) is 14.8 Å². The Labute approximate surface area is 124 Å². The van der Waals surface area contributed by atoms with Crippen LogP contribution >= 0.6 is 0 Å². The van der Waals surface area contributed by atoms with Gasteiger partial charge in [-0.2, -0.15) is 4.31 Å². The van der Waals surface area contributed by atoms with Gasteiger partial charge < -0.3 is 9.84 Å². The van der Waals surface area contributed by atoms with Crippen LogP contribution in [0.4, 0.5) is 0 Å². The van der Waals surface area contributed by atoms with Gasteiger partial charge in [-0.05, 0) is 31.9 Å². The maximum Gasteiger partial charge on any atom is 0.339 e. The van der Waals surface area contributed by atoms with Gasteiger partial charge in [0.05, 0.1) is 23.2 Å². The molecule has 7 heteroatoms. The number of carbonyl (C=O) groups excluding carboxylic acids is 1. The number of ether oxygens (including phenoxy) is 1. The fraction of sp³-hybridized carbons (Fsp3) is 0.500. The summed E-state index contributed by atoms with van der Waals surface area (Å²) >= 11 is 0. The van der Waals surface area contributed by atoms with Crippen LogP contribution in [0.2, 0.25) is 0 Å². The average Bonchev–Trinajstić information content (AvgIpc) is 2.45. The van der Waals surface area contributed by atoms with Crippen molar-refractivity contribution in [1.82, 2.24) is 4.31 Å². The third-order valence-corrected chi connectivity index (χ3v) is 5.45. The third-order valence-electron chi connectivity index (χ3n) is 3.55. The second kappa shape index (κ2) is 5.75. The molecule has 1 fully saturated rings. The summed E-state index contributed by atoms with van der Waals surface area (Å²) in [6.45, 7) is 1.96. The number of hydrogen-bond donors (Lipinski definition) is 1. The van der Waals surface area contributed by atoms with E-state index in [0.717, 1.165) is 0 Å². The molecule has 1 aliphatic heterocycles. The molecule has 0 spiro atoms. The Morgan fingerprint density at radius 2 is 2.05 bits per heavy atom. The molecule has 1 N–H and O–H groups in total. The summed E-state index contributed by atoms with van der Waals surface area (Å²) in [5, 5.41) is 10.1. The lowest BCUT2D eigenvalue weighted by molar-refractivity contribution is 0.00939. The standard InChI is InChI=1S/C14H19NO5S/c1-14(17)8-5-9-15(10-14)21(18,19)12-7-4-3-6-11(12)13(16)20-2/h3-4,6-7,17H,5,8-10H2,1-2H3. The van der Waals surface area contributed by atoms with E-state index in [1.165, 1.54) is 23.5 Å². The average molecular weight is 313 g/mol. The van der Waals surface area contributed by atoms with Gasteiger partial charge in [0.1, 0.15) is 0 Å². The molecule has 0 bridgehead atoms. The Hall–Kier alpha value is -1.44. The minimum atomic E-state index is -3.85. The first kappa shape index (κ1) is 15.9. The fourth-order valence-electron chi connectivity index (χ4n) is 2.49. The first-order valence-electron chi connectivity index (χ1n) is 6.68. The topological polar surface area (TPSA) is 83.9 Å². The Morgan fingerprint density at radius 3 is 2.67 bits per heavy atom. The normalized spacial score (nSPS) is 23.8. The molecule has 6 nitrogen and oxygen atoms in total. The van der Waals surface area contributed by atoms with Crippen LogP contribution in [-0.4, -0.2) is 49.6 Å². The number of rotatable bonds is 3. The summed E-state index contributed by atoms with van der Waals surface area (Å²) < 4.78 is 31.3. The molecule has 1 saturated heterocycles. The first-order chi connectivity index (χ1) is 9.78. The van der Waals surface area contributed by atoms with Crippen LogP contribution in [0.15, 0.2) is 29.2 Å². The van der Waals surface area contributed by atoms with Crippen molar-refractivity contribution in [2.75, 3.05) is 20.2 Å². The number of aliphatic hydroxyl groups is 1. The molecule has 1 aliphatic rings. The van der Waals surface area contributed by atoms with Gasteiger partial charge in [-0.1, -0.05) is 12.1 Å². The number of esters is 1. The second-order valence-corrected chi connectivity index (χ2v) is 7.33. The molecule has 1 unspecified atom stereocenters. The SMILES string of the molecule is COC(=O)c1ccccc1S(=O)(=O)N1CCCC(C)(O)C1. The molecular formula is C14H19NO5S. The van der Waals surface area contributed by atoms with Gasteiger partial charge in [-0.15, -0.1) is 0 Å². The summed E-state index contributed by atoms with van der Waals surface area (Å²) in [5.41, 5.74) is -1.05. The van der Waals surface area contributed by atoms with E-state index in [9.17, 15) is 18.3 Å². The van der Waals surface area contributed by atoms with E-state index >= 15 is 0 Å². The number of hydrogen-bond acceptors (Lipinski definition) is 5. The largest absolute Gasteiger partial charge is 0.465 e. The summed E-state index contributed by atoms with van der Waals surface area (Å²) in [6.07, 6.45) is 1.13. The minimum absolute atomic E-state index is 0.00483. The highest BCUT2D eigenvalue weighted by molar-refractivity contribution is 7.89. The zero-order valence-corrected chi connectivity index (χ0v) is 12.9. The molecule has 0 radical (unpaired) electrons. The van der Waals surface area contributed by atoms with Gasteiger partial charge in [0.15, 0.2) is 0 Å². The van der Waals surface area contributed by atoms with Crippen LogP contribution in [0.25, 0.3) is 0 Å². The maximum atomic E-state index is 12.7. The molecule has 2 rings (SSSR count). The van der Waals surface area contributed by atoms with Crippen LogP contribution in [0.1, 0.15) is 30.1 Å². The lowest BCUT2D eigenvalue weighted by Crippen LogP contribution is -2.48. The number of methoxy groups -OCH3 is 1. The van der Waals surface area contributed by atoms with E-state index in [0.29, 0.717) is 19.4 Å². The highest BCUT2D eigenvalue weighted by atomic mass is 32.2. The molecule has 1 atom stereocenters. The van der Waals surface area contributed by atoms with Gasteiger partial charge in [0.2, 0.25) is 10.0 Å². The number of nitrogens with zero attached hydrogens (tertiary/aromatic N) is 1. The van der Waals surface area contributed by atoms with Crippen molar-refractivity contribution in [2.24, 2.45) is 0 Å². The summed E-state index contributed by atoms with van der Waals surface area (Å²) in [5.74, 6) is -0.696. The van der Waals surface area contributed by atoms with Crippen molar-refractivity contribution in [3.8, 4) is 0 Å². The van der Waals surface area contributed by atoms with E-state index < -0.39 is 21.6 Å². The van der Waals surface area contributed by atoms with Crippen molar-refractivity contribution in [1.29, 1.82) is 0 Å². The Morgan fingerprint density at radius 1 is 1.38 bits per heavy atom. The lowest BCUT2D eigenvalue weighted by atomic mass is 9.97.